The predicted molar refractivity (Wildman–Crippen MR) is 102 cm³/mol. The number of halogens is 3. The van der Waals surface area contributed by atoms with Crippen LogP contribution in [0, 0.1) is 0 Å². The molecule has 3 rings (SSSR count). The third-order valence-electron chi connectivity index (χ3n) is 3.47. The number of fused-ring (bicyclic) bond motifs is 1. The van der Waals surface area contributed by atoms with Gasteiger partial charge >= 0.3 is 0 Å². The average molecular weight is 415 g/mol. The van der Waals surface area contributed by atoms with Crippen molar-refractivity contribution < 1.29 is 8.42 Å². The zero-order valence-corrected chi connectivity index (χ0v) is 15.5. The number of nitrogens with one attached hydrogen (secondary N) is 1. The maximum Gasteiger partial charge on any atom is 0.267 e. The molecule has 0 radical (unpaired) electrons. The number of pyridine rings is 1. The number of aromatic amines is 1. The minimum atomic E-state index is -3.97. The Balaban J connectivity index is 2.06. The predicted octanol–water partition coefficient (Wildman–Crippen LogP) is 4.93. The molecule has 2 aromatic carbocycles. The molecule has 3 aromatic rings. The van der Waals surface area contributed by atoms with Gasteiger partial charge in [-0.2, -0.15) is 0 Å². The van der Waals surface area contributed by atoms with Crippen LogP contribution in [0.5, 0.6) is 0 Å². The number of rotatable bonds is 3. The highest BCUT2D eigenvalue weighted by Crippen LogP contribution is 2.24. The van der Waals surface area contributed by atoms with Gasteiger partial charge in [-0.1, -0.05) is 46.9 Å². The van der Waals surface area contributed by atoms with Crippen molar-refractivity contribution >= 4 is 61.6 Å². The van der Waals surface area contributed by atoms with Crippen LogP contribution < -0.4 is 5.56 Å². The van der Waals surface area contributed by atoms with Crippen molar-refractivity contribution in [2.45, 2.75) is 4.90 Å². The van der Waals surface area contributed by atoms with Gasteiger partial charge in [0, 0.05) is 26.0 Å². The minimum absolute atomic E-state index is 0.306. The largest absolute Gasteiger partial charge is 0.321 e. The molecule has 8 heteroatoms. The van der Waals surface area contributed by atoms with Gasteiger partial charge in [-0.05, 0) is 47.4 Å². The normalized spacial score (nSPS) is 12.1. The maximum atomic E-state index is 12.5. The van der Waals surface area contributed by atoms with Crippen LogP contribution in [0.3, 0.4) is 0 Å². The van der Waals surface area contributed by atoms with E-state index in [4.69, 9.17) is 34.8 Å². The summed E-state index contributed by atoms with van der Waals surface area (Å²) < 4.78 is 25.0. The van der Waals surface area contributed by atoms with Crippen molar-refractivity contribution in [3.63, 3.8) is 0 Å². The van der Waals surface area contributed by atoms with E-state index in [1.54, 1.807) is 30.3 Å². The summed E-state index contributed by atoms with van der Waals surface area (Å²) in [4.78, 5) is 14.3. The third-order valence-corrected chi connectivity index (χ3v) is 5.68. The van der Waals surface area contributed by atoms with Gasteiger partial charge in [0.05, 0.1) is 0 Å². The van der Waals surface area contributed by atoms with E-state index in [0.717, 1.165) is 5.41 Å². The first-order valence-electron chi connectivity index (χ1n) is 6.97. The Morgan fingerprint density at radius 1 is 0.920 bits per heavy atom. The van der Waals surface area contributed by atoms with Gasteiger partial charge in [0.2, 0.25) is 9.84 Å². The number of hydrogen-bond acceptors (Lipinski definition) is 3. The lowest BCUT2D eigenvalue weighted by Gasteiger charge is -2.03. The molecule has 0 aliphatic rings. The molecular formula is C17H10Cl3NO3S. The molecule has 1 aromatic heterocycles. The fourth-order valence-corrected chi connectivity index (χ4v) is 3.95. The summed E-state index contributed by atoms with van der Waals surface area (Å²) >= 11 is 17.7. The van der Waals surface area contributed by atoms with Crippen LogP contribution in [0.15, 0.2) is 57.6 Å². The van der Waals surface area contributed by atoms with Crippen molar-refractivity contribution in [3.05, 3.63) is 78.9 Å². The van der Waals surface area contributed by atoms with E-state index in [0.29, 0.717) is 31.5 Å². The van der Waals surface area contributed by atoms with E-state index in [2.05, 4.69) is 4.98 Å². The number of benzene rings is 2. The van der Waals surface area contributed by atoms with Crippen LogP contribution in [0.25, 0.3) is 17.0 Å². The Morgan fingerprint density at radius 2 is 1.60 bits per heavy atom. The smallest absolute Gasteiger partial charge is 0.267 e. The molecule has 4 nitrogen and oxygen atoms in total. The first-order valence-corrected chi connectivity index (χ1v) is 9.65. The molecule has 128 valence electrons. The molecule has 25 heavy (non-hydrogen) atoms. The molecule has 0 amide bonds. The molecule has 0 unspecified atom stereocenters. The topological polar surface area (TPSA) is 67.0 Å². The average Bonchev–Trinajstić information content (AvgIpc) is 2.53. The van der Waals surface area contributed by atoms with Gasteiger partial charge in [0.1, 0.15) is 4.90 Å². The lowest BCUT2D eigenvalue weighted by molar-refractivity contribution is 0.603. The van der Waals surface area contributed by atoms with E-state index in [1.807, 2.05) is 0 Å². The quantitative estimate of drug-likeness (QED) is 0.660. The zero-order chi connectivity index (χ0) is 18.2. The summed E-state index contributed by atoms with van der Waals surface area (Å²) in [6, 6.07) is 10.8. The van der Waals surface area contributed by atoms with Crippen LogP contribution in [-0.4, -0.2) is 13.4 Å². The summed E-state index contributed by atoms with van der Waals surface area (Å²) in [5.41, 5.74) is 0.210. The van der Waals surface area contributed by atoms with Crippen LogP contribution in [0.4, 0.5) is 0 Å². The lowest BCUT2D eigenvalue weighted by atomic mass is 10.2. The molecule has 1 heterocycles. The molecule has 0 atom stereocenters. The van der Waals surface area contributed by atoms with Crippen molar-refractivity contribution in [3.8, 4) is 0 Å². The monoisotopic (exact) mass is 413 g/mol. The molecule has 0 saturated heterocycles. The van der Waals surface area contributed by atoms with Crippen molar-refractivity contribution in [2.75, 3.05) is 0 Å². The summed E-state index contributed by atoms with van der Waals surface area (Å²) in [7, 11) is -3.97. The molecule has 0 spiro atoms. The van der Waals surface area contributed by atoms with Crippen LogP contribution in [0.2, 0.25) is 15.1 Å². The summed E-state index contributed by atoms with van der Waals surface area (Å²) in [6.07, 6.45) is 1.32. The fraction of sp³-hybridized carbons (Fsp3) is 0. The third kappa shape index (κ3) is 3.90. The number of hydrogen-bond donors (Lipinski definition) is 1. The molecule has 1 N–H and O–H groups in total. The standard InChI is InChI=1S/C17H10Cl3NO3S/c18-12-3-1-10(14(20)8-12)5-6-25(23,24)16-7-11-2-4-13(19)9-15(11)21-17(16)22/h1-9H,(H,21,22). The van der Waals surface area contributed by atoms with Crippen molar-refractivity contribution in [2.24, 2.45) is 0 Å². The molecule has 0 bridgehead atoms. The second-order valence-electron chi connectivity index (χ2n) is 5.21. The van der Waals surface area contributed by atoms with E-state index >= 15 is 0 Å². The molecular weight excluding hydrogens is 405 g/mol. The van der Waals surface area contributed by atoms with Gasteiger partial charge in [0.25, 0.3) is 5.56 Å². The first-order chi connectivity index (χ1) is 11.8. The van der Waals surface area contributed by atoms with Gasteiger partial charge in [0.15, 0.2) is 0 Å². The molecule has 0 fully saturated rings. The van der Waals surface area contributed by atoms with Crippen molar-refractivity contribution in [1.29, 1.82) is 0 Å². The van der Waals surface area contributed by atoms with Crippen LogP contribution in [-0.2, 0) is 9.84 Å². The second kappa shape index (κ2) is 6.84. The molecule has 0 aliphatic carbocycles. The van der Waals surface area contributed by atoms with Gasteiger partial charge in [-0.3, -0.25) is 4.79 Å². The van der Waals surface area contributed by atoms with Crippen LogP contribution >= 0.6 is 34.8 Å². The van der Waals surface area contributed by atoms with E-state index < -0.39 is 15.4 Å². The van der Waals surface area contributed by atoms with Crippen molar-refractivity contribution in [1.82, 2.24) is 4.98 Å². The second-order valence-corrected chi connectivity index (χ2v) is 8.29. The maximum absolute atomic E-state index is 12.5. The highest BCUT2D eigenvalue weighted by molar-refractivity contribution is 7.94. The Hall–Kier alpha value is -1.79. The Bertz CT molecular complexity index is 1170. The van der Waals surface area contributed by atoms with Gasteiger partial charge in [-0.15, -0.1) is 0 Å². The number of sulfone groups is 1. The Morgan fingerprint density at radius 3 is 2.32 bits per heavy atom. The van der Waals surface area contributed by atoms with Crippen LogP contribution in [0.1, 0.15) is 5.56 Å². The van der Waals surface area contributed by atoms with E-state index in [9.17, 15) is 13.2 Å². The number of H-pyrrole nitrogens is 1. The minimum Gasteiger partial charge on any atom is -0.321 e. The lowest BCUT2D eigenvalue weighted by Crippen LogP contribution is -2.15. The van der Waals surface area contributed by atoms with E-state index in [-0.39, 0.29) is 4.90 Å². The molecule has 0 saturated carbocycles. The summed E-state index contributed by atoms with van der Waals surface area (Å²) in [6.45, 7) is 0. The van der Waals surface area contributed by atoms with E-state index in [1.165, 1.54) is 18.2 Å². The highest BCUT2D eigenvalue weighted by Gasteiger charge is 2.16. The van der Waals surface area contributed by atoms with Gasteiger partial charge in [-0.25, -0.2) is 8.42 Å². The fourth-order valence-electron chi connectivity index (χ4n) is 2.24. The molecule has 0 aliphatic heterocycles. The SMILES string of the molecule is O=c1[nH]c2cc(Cl)ccc2cc1S(=O)(=O)C=Cc1ccc(Cl)cc1Cl. The summed E-state index contributed by atoms with van der Waals surface area (Å²) in [5, 5.41) is 2.68. The number of aromatic nitrogens is 1. The van der Waals surface area contributed by atoms with Gasteiger partial charge < -0.3 is 4.98 Å². The first kappa shape index (κ1) is 18.0. The Labute approximate surface area is 158 Å². The highest BCUT2D eigenvalue weighted by atomic mass is 35.5. The Kier molecular flexibility index (Phi) is 4.93. The zero-order valence-electron chi connectivity index (χ0n) is 12.5. The summed E-state index contributed by atoms with van der Waals surface area (Å²) in [5.74, 6) is 0.